The largest absolute Gasteiger partial charge is 0.507 e. The number of allylic oxidation sites excluding steroid dienone is 1. The summed E-state index contributed by atoms with van der Waals surface area (Å²) < 4.78 is 0. The fourth-order valence-corrected chi connectivity index (χ4v) is 3.86. The highest BCUT2D eigenvalue weighted by Crippen LogP contribution is 2.30. The van der Waals surface area contributed by atoms with E-state index >= 15 is 0 Å². The molecule has 0 bridgehead atoms. The van der Waals surface area contributed by atoms with Crippen molar-refractivity contribution in [2.45, 2.75) is 20.0 Å². The molecule has 33 heavy (non-hydrogen) atoms. The van der Waals surface area contributed by atoms with Crippen LogP contribution in [0.3, 0.4) is 0 Å². The number of Topliss-reactive ketones (excluding diaryl/α,β-unsaturated/α-hetero) is 1. The molecule has 3 heteroatoms. The monoisotopic (exact) mass is 433 g/mol. The summed E-state index contributed by atoms with van der Waals surface area (Å²) in [4.78, 5) is 14.5. The Labute approximate surface area is 195 Å². The number of nitrogens with zero attached hydrogens (tertiary/aromatic N) is 1. The van der Waals surface area contributed by atoms with Gasteiger partial charge in [-0.2, -0.15) is 0 Å². The minimum absolute atomic E-state index is 0.0422. The van der Waals surface area contributed by atoms with Crippen LogP contribution >= 0.6 is 0 Å². The number of hydrogen-bond acceptors (Lipinski definition) is 3. The Morgan fingerprint density at radius 1 is 0.758 bits per heavy atom. The van der Waals surface area contributed by atoms with Crippen LogP contribution in [0.25, 0.3) is 11.6 Å². The van der Waals surface area contributed by atoms with Crippen molar-refractivity contribution in [1.29, 1.82) is 0 Å². The number of phenolic OH excluding ortho intramolecular Hbond substituents is 1. The van der Waals surface area contributed by atoms with Gasteiger partial charge in [0.05, 0.1) is 0 Å². The first-order valence-electron chi connectivity index (χ1n) is 11.0. The number of hydrogen-bond donors (Lipinski definition) is 1. The van der Waals surface area contributed by atoms with Gasteiger partial charge in [-0.3, -0.25) is 4.79 Å². The molecule has 0 radical (unpaired) electrons. The van der Waals surface area contributed by atoms with Crippen molar-refractivity contribution < 1.29 is 9.90 Å². The van der Waals surface area contributed by atoms with E-state index in [9.17, 15) is 9.90 Å². The highest BCUT2D eigenvalue weighted by atomic mass is 16.3. The van der Waals surface area contributed by atoms with Crippen molar-refractivity contribution in [2.75, 3.05) is 4.90 Å². The van der Waals surface area contributed by atoms with Crippen LogP contribution in [0.1, 0.15) is 29.2 Å². The number of carbonyl (C=O) groups is 1. The van der Waals surface area contributed by atoms with E-state index in [0.29, 0.717) is 24.2 Å². The molecule has 0 aliphatic heterocycles. The van der Waals surface area contributed by atoms with Gasteiger partial charge >= 0.3 is 0 Å². The van der Waals surface area contributed by atoms with Gasteiger partial charge in [0.1, 0.15) is 5.75 Å². The summed E-state index contributed by atoms with van der Waals surface area (Å²) >= 11 is 0. The second-order valence-electron chi connectivity index (χ2n) is 8.05. The van der Waals surface area contributed by atoms with Crippen LogP contribution in [-0.4, -0.2) is 10.9 Å². The van der Waals surface area contributed by atoms with Gasteiger partial charge in [0.2, 0.25) is 0 Å². The molecule has 0 unspecified atom stereocenters. The molecule has 0 spiro atoms. The molecule has 0 atom stereocenters. The van der Waals surface area contributed by atoms with Gasteiger partial charge in [-0.05, 0) is 41.8 Å². The fraction of sp³-hybridized carbons (Fsp3) is 0.100. The van der Waals surface area contributed by atoms with Crippen molar-refractivity contribution in [3.05, 3.63) is 131 Å². The molecule has 4 rings (SSSR count). The van der Waals surface area contributed by atoms with Gasteiger partial charge < -0.3 is 10.0 Å². The standard InChI is InChI=1S/C30H27NO2/c1-23(32)29(26-15-9-4-10-16-26)19-27-17-18-28(20-30(27)33)31(21-24-11-5-2-6-12-24)22-25-13-7-3-8-14-25/h2-20,33H,21-22H2,1H3/b29-19-. The average molecular weight is 434 g/mol. The van der Waals surface area contributed by atoms with Crippen LogP contribution in [-0.2, 0) is 17.9 Å². The van der Waals surface area contributed by atoms with Crippen LogP contribution in [0.5, 0.6) is 5.75 Å². The SMILES string of the molecule is CC(=O)/C(=C/c1ccc(N(Cc2ccccc2)Cc2ccccc2)cc1O)c1ccccc1. The summed E-state index contributed by atoms with van der Waals surface area (Å²) in [5.41, 5.74) is 5.33. The maximum absolute atomic E-state index is 12.3. The Balaban J connectivity index is 1.67. The summed E-state index contributed by atoms with van der Waals surface area (Å²) in [7, 11) is 0. The Kier molecular flexibility index (Phi) is 7.01. The molecule has 0 saturated heterocycles. The molecule has 1 N–H and O–H groups in total. The van der Waals surface area contributed by atoms with Crippen molar-refractivity contribution in [2.24, 2.45) is 0 Å². The number of benzene rings is 4. The molecule has 0 saturated carbocycles. The zero-order valence-electron chi connectivity index (χ0n) is 18.7. The van der Waals surface area contributed by atoms with Gasteiger partial charge in [-0.1, -0.05) is 91.0 Å². The zero-order valence-corrected chi connectivity index (χ0v) is 18.7. The smallest absolute Gasteiger partial charge is 0.160 e. The summed E-state index contributed by atoms with van der Waals surface area (Å²) in [6, 6.07) is 35.8. The average Bonchev–Trinajstić information content (AvgIpc) is 2.84. The third kappa shape index (κ3) is 5.78. The first-order chi connectivity index (χ1) is 16.1. The molecular formula is C30H27NO2. The van der Waals surface area contributed by atoms with E-state index < -0.39 is 0 Å². The summed E-state index contributed by atoms with van der Waals surface area (Å²) in [6.07, 6.45) is 1.76. The normalized spacial score (nSPS) is 11.2. The number of anilines is 1. The highest BCUT2D eigenvalue weighted by Gasteiger charge is 2.13. The van der Waals surface area contributed by atoms with E-state index in [-0.39, 0.29) is 11.5 Å². The van der Waals surface area contributed by atoms with Crippen LogP contribution in [0.4, 0.5) is 5.69 Å². The predicted molar refractivity (Wildman–Crippen MR) is 136 cm³/mol. The number of ketones is 1. The summed E-state index contributed by atoms with van der Waals surface area (Å²) in [5, 5.41) is 10.9. The highest BCUT2D eigenvalue weighted by molar-refractivity contribution is 6.24. The van der Waals surface area contributed by atoms with Gasteiger partial charge in [-0.15, -0.1) is 0 Å². The van der Waals surface area contributed by atoms with E-state index in [1.165, 1.54) is 11.1 Å². The maximum atomic E-state index is 12.3. The van der Waals surface area contributed by atoms with Crippen LogP contribution < -0.4 is 4.90 Å². The Morgan fingerprint density at radius 2 is 1.27 bits per heavy atom. The lowest BCUT2D eigenvalue weighted by molar-refractivity contribution is -0.111. The van der Waals surface area contributed by atoms with E-state index in [0.717, 1.165) is 11.3 Å². The number of rotatable bonds is 8. The number of phenols is 1. The minimum atomic E-state index is -0.0422. The second kappa shape index (κ2) is 10.5. The lowest BCUT2D eigenvalue weighted by Gasteiger charge is -2.26. The van der Waals surface area contributed by atoms with Gasteiger partial charge in [-0.25, -0.2) is 0 Å². The number of aromatic hydroxyl groups is 1. The van der Waals surface area contributed by atoms with Crippen molar-refractivity contribution in [3.8, 4) is 5.75 Å². The van der Waals surface area contributed by atoms with E-state index in [4.69, 9.17) is 0 Å². The topological polar surface area (TPSA) is 40.5 Å². The molecule has 0 aliphatic carbocycles. The molecular weight excluding hydrogens is 406 g/mol. The van der Waals surface area contributed by atoms with Crippen LogP contribution in [0.2, 0.25) is 0 Å². The Bertz CT molecular complexity index is 1190. The third-order valence-electron chi connectivity index (χ3n) is 5.58. The van der Waals surface area contributed by atoms with Crippen molar-refractivity contribution >= 4 is 23.1 Å². The van der Waals surface area contributed by atoms with Crippen molar-refractivity contribution in [1.82, 2.24) is 0 Å². The lowest BCUT2D eigenvalue weighted by Crippen LogP contribution is -2.22. The molecule has 0 amide bonds. The molecule has 0 aliphatic rings. The summed E-state index contributed by atoms with van der Waals surface area (Å²) in [5.74, 6) is 0.104. The van der Waals surface area contributed by atoms with Crippen LogP contribution in [0, 0.1) is 0 Å². The minimum Gasteiger partial charge on any atom is -0.507 e. The molecule has 3 nitrogen and oxygen atoms in total. The Hall–Kier alpha value is -4.11. The maximum Gasteiger partial charge on any atom is 0.160 e. The first kappa shape index (κ1) is 22.1. The van der Waals surface area contributed by atoms with E-state index in [1.807, 2.05) is 78.9 Å². The van der Waals surface area contributed by atoms with E-state index in [1.54, 1.807) is 19.1 Å². The van der Waals surface area contributed by atoms with Gasteiger partial charge in [0.15, 0.2) is 5.78 Å². The van der Waals surface area contributed by atoms with Crippen LogP contribution in [0.15, 0.2) is 109 Å². The zero-order chi connectivity index (χ0) is 23.0. The third-order valence-corrected chi connectivity index (χ3v) is 5.58. The quantitative estimate of drug-likeness (QED) is 0.247. The first-order valence-corrected chi connectivity index (χ1v) is 11.0. The van der Waals surface area contributed by atoms with Gasteiger partial charge in [0.25, 0.3) is 0 Å². The lowest BCUT2D eigenvalue weighted by atomic mass is 9.99. The Morgan fingerprint density at radius 3 is 1.76 bits per heavy atom. The van der Waals surface area contributed by atoms with E-state index in [2.05, 4.69) is 29.2 Å². The summed E-state index contributed by atoms with van der Waals surface area (Å²) in [6.45, 7) is 2.98. The molecule has 164 valence electrons. The molecule has 0 heterocycles. The number of carbonyl (C=O) groups excluding carboxylic acids is 1. The van der Waals surface area contributed by atoms with Crippen molar-refractivity contribution in [3.63, 3.8) is 0 Å². The molecule has 0 fully saturated rings. The molecule has 4 aromatic rings. The fourth-order valence-electron chi connectivity index (χ4n) is 3.86. The molecule has 4 aromatic carbocycles. The predicted octanol–water partition coefficient (Wildman–Crippen LogP) is 6.73. The second-order valence-corrected chi connectivity index (χ2v) is 8.05. The van der Waals surface area contributed by atoms with Gasteiger partial charge in [0, 0.05) is 36.0 Å². The molecule has 0 aromatic heterocycles.